The second-order valence-corrected chi connectivity index (χ2v) is 14.0. The molecular weight excluding hydrogens is 582 g/mol. The maximum Gasteiger partial charge on any atom is 0.315 e. The van der Waals surface area contributed by atoms with Crippen molar-refractivity contribution in [2.75, 3.05) is 13.1 Å². The highest BCUT2D eigenvalue weighted by molar-refractivity contribution is 6.38. The van der Waals surface area contributed by atoms with Gasteiger partial charge in [-0.25, -0.2) is 4.79 Å². The van der Waals surface area contributed by atoms with Crippen LogP contribution in [0.5, 0.6) is 0 Å². The van der Waals surface area contributed by atoms with Gasteiger partial charge in [0.25, 0.3) is 5.91 Å². The number of ketones is 1. The molecule has 5 atom stereocenters. The molecular formula is C36H49N5O5. The Labute approximate surface area is 272 Å². The van der Waals surface area contributed by atoms with Gasteiger partial charge in [0.1, 0.15) is 12.1 Å². The Balaban J connectivity index is 1.37. The highest BCUT2D eigenvalue weighted by Gasteiger charge is 2.69. The number of rotatable bonds is 13. The van der Waals surface area contributed by atoms with Crippen molar-refractivity contribution in [3.63, 3.8) is 0 Å². The summed E-state index contributed by atoms with van der Waals surface area (Å²) < 4.78 is 0. The first-order valence-electron chi connectivity index (χ1n) is 16.8. The standard InChI is InChI=1S/C36H49N5O5/c1-5-7-17-27(31(42)33(44)37-18-6-2)39-32(43)30-28-26(36(28,3)4)21-41(30)34(45)29(24-19-22-13-11-12-14-23(22)20-24)40-35(46)38-25-15-9-8-10-16-25/h5-6,11-14,24-30H,1-2,7-10,15-21H2,3-4H3,(H,37,44)(H,39,43)(H2,38,40,46)/t26?,27?,28?,29-,30-/m0/s1. The van der Waals surface area contributed by atoms with Gasteiger partial charge in [0.15, 0.2) is 0 Å². The summed E-state index contributed by atoms with van der Waals surface area (Å²) in [6.45, 7) is 12.0. The molecule has 46 heavy (non-hydrogen) atoms. The number of allylic oxidation sites excluding steroid dienone is 1. The van der Waals surface area contributed by atoms with Crippen LogP contribution < -0.4 is 21.3 Å². The van der Waals surface area contributed by atoms with Crippen LogP contribution in [0.4, 0.5) is 4.79 Å². The normalized spacial score (nSPS) is 24.5. The van der Waals surface area contributed by atoms with Gasteiger partial charge in [-0.1, -0.05) is 69.5 Å². The first kappa shape index (κ1) is 33.4. The Morgan fingerprint density at radius 1 is 0.978 bits per heavy atom. The summed E-state index contributed by atoms with van der Waals surface area (Å²) in [6.07, 6.45) is 10.2. The first-order valence-corrected chi connectivity index (χ1v) is 16.8. The van der Waals surface area contributed by atoms with Gasteiger partial charge < -0.3 is 26.2 Å². The van der Waals surface area contributed by atoms with Crippen molar-refractivity contribution >= 4 is 29.5 Å². The topological polar surface area (TPSA) is 137 Å². The smallest absolute Gasteiger partial charge is 0.315 e. The third kappa shape index (κ3) is 7.05. The van der Waals surface area contributed by atoms with Crippen LogP contribution in [0.3, 0.4) is 0 Å². The van der Waals surface area contributed by atoms with Gasteiger partial charge in [0.05, 0.1) is 6.04 Å². The van der Waals surface area contributed by atoms with Crippen LogP contribution in [0.15, 0.2) is 49.6 Å². The van der Waals surface area contributed by atoms with E-state index in [1.807, 2.05) is 12.1 Å². The zero-order valence-electron chi connectivity index (χ0n) is 27.2. The minimum atomic E-state index is -1.06. The van der Waals surface area contributed by atoms with Crippen LogP contribution in [-0.2, 0) is 32.0 Å². The first-order chi connectivity index (χ1) is 22.1. The summed E-state index contributed by atoms with van der Waals surface area (Å²) in [4.78, 5) is 69.3. The van der Waals surface area contributed by atoms with Crippen LogP contribution in [0.2, 0.25) is 0 Å². The molecule has 4 N–H and O–H groups in total. The van der Waals surface area contributed by atoms with E-state index in [4.69, 9.17) is 0 Å². The largest absolute Gasteiger partial charge is 0.346 e. The third-order valence-electron chi connectivity index (χ3n) is 10.7. The molecule has 1 heterocycles. The molecule has 1 saturated heterocycles. The van der Waals surface area contributed by atoms with Gasteiger partial charge in [-0.2, -0.15) is 0 Å². The molecule has 0 aromatic heterocycles. The van der Waals surface area contributed by atoms with Crippen molar-refractivity contribution in [2.45, 2.75) is 95.8 Å². The monoisotopic (exact) mass is 631 g/mol. The summed E-state index contributed by atoms with van der Waals surface area (Å²) in [7, 11) is 0. The van der Waals surface area contributed by atoms with E-state index in [-0.39, 0.29) is 54.1 Å². The lowest BCUT2D eigenvalue weighted by Crippen LogP contribution is -2.60. The second-order valence-electron chi connectivity index (χ2n) is 14.0. The number of urea groups is 1. The Morgan fingerprint density at radius 2 is 1.65 bits per heavy atom. The van der Waals surface area contributed by atoms with Crippen LogP contribution in [-0.4, -0.2) is 71.7 Å². The lowest BCUT2D eigenvalue weighted by atomic mass is 9.93. The summed E-state index contributed by atoms with van der Waals surface area (Å²) in [5.74, 6) is -2.43. The highest BCUT2D eigenvalue weighted by Crippen LogP contribution is 2.65. The SMILES string of the molecule is C=CCCC(NC(=O)[C@@H]1C2C(CN1C(=O)[C@@H](NC(=O)NC1CCCCC1)C1Cc3ccccc3C1)C2(C)C)C(=O)C(=O)NCC=C. The molecule has 5 amide bonds. The summed E-state index contributed by atoms with van der Waals surface area (Å²) in [6, 6.07) is 5.12. The van der Waals surface area contributed by atoms with E-state index in [1.54, 1.807) is 11.0 Å². The predicted octanol–water partition coefficient (Wildman–Crippen LogP) is 3.21. The van der Waals surface area contributed by atoms with Crippen LogP contribution in [0.1, 0.15) is 69.9 Å². The number of fused-ring (bicyclic) bond motifs is 2. The molecule has 5 rings (SSSR count). The van der Waals surface area contributed by atoms with Crippen molar-refractivity contribution in [2.24, 2.45) is 23.2 Å². The van der Waals surface area contributed by atoms with E-state index in [1.165, 1.54) is 6.08 Å². The zero-order valence-corrected chi connectivity index (χ0v) is 27.2. The lowest BCUT2D eigenvalue weighted by Gasteiger charge is -2.35. The molecule has 1 aliphatic heterocycles. The van der Waals surface area contributed by atoms with Gasteiger partial charge >= 0.3 is 6.03 Å². The molecule has 3 aliphatic carbocycles. The maximum absolute atomic E-state index is 14.6. The summed E-state index contributed by atoms with van der Waals surface area (Å²) in [5, 5.41) is 11.5. The Hall–Kier alpha value is -3.95. The van der Waals surface area contributed by atoms with Gasteiger partial charge in [0.2, 0.25) is 17.6 Å². The predicted molar refractivity (Wildman–Crippen MR) is 176 cm³/mol. The molecule has 3 fully saturated rings. The van der Waals surface area contributed by atoms with Crippen molar-refractivity contribution in [3.8, 4) is 0 Å². The molecule has 1 aromatic rings. The number of likely N-dealkylation sites (tertiary alicyclic amines) is 1. The van der Waals surface area contributed by atoms with Crippen molar-refractivity contribution in [1.29, 1.82) is 0 Å². The molecule has 0 spiro atoms. The summed E-state index contributed by atoms with van der Waals surface area (Å²) in [5.41, 5.74) is 2.17. The van der Waals surface area contributed by atoms with Crippen molar-refractivity contribution in [3.05, 3.63) is 60.7 Å². The molecule has 248 valence electrons. The number of piperidine rings is 1. The fourth-order valence-electron chi connectivity index (χ4n) is 8.04. The van der Waals surface area contributed by atoms with E-state index in [9.17, 15) is 24.0 Å². The number of hydrogen-bond donors (Lipinski definition) is 4. The molecule has 2 saturated carbocycles. The molecule has 4 aliphatic rings. The minimum Gasteiger partial charge on any atom is -0.346 e. The number of benzene rings is 1. The molecule has 0 radical (unpaired) electrons. The Bertz CT molecular complexity index is 1340. The lowest BCUT2D eigenvalue weighted by molar-refractivity contribution is -0.144. The molecule has 1 aromatic carbocycles. The van der Waals surface area contributed by atoms with Crippen molar-refractivity contribution in [1.82, 2.24) is 26.2 Å². The van der Waals surface area contributed by atoms with E-state index < -0.39 is 35.7 Å². The number of carbonyl (C=O) groups excluding carboxylic acids is 5. The average Bonchev–Trinajstić information content (AvgIpc) is 3.40. The van der Waals surface area contributed by atoms with Crippen molar-refractivity contribution < 1.29 is 24.0 Å². The quantitative estimate of drug-likeness (QED) is 0.196. The second kappa shape index (κ2) is 14.2. The zero-order chi connectivity index (χ0) is 33.0. The Morgan fingerprint density at radius 3 is 2.28 bits per heavy atom. The van der Waals surface area contributed by atoms with Gasteiger partial charge in [0, 0.05) is 19.1 Å². The fourth-order valence-corrected chi connectivity index (χ4v) is 8.04. The number of nitrogens with one attached hydrogen (secondary N) is 4. The van der Waals surface area contributed by atoms with Crippen LogP contribution >= 0.6 is 0 Å². The molecule has 10 nitrogen and oxygen atoms in total. The van der Waals surface area contributed by atoms with E-state index in [0.29, 0.717) is 25.8 Å². The minimum absolute atomic E-state index is 0.0812. The third-order valence-corrected chi connectivity index (χ3v) is 10.7. The molecule has 3 unspecified atom stereocenters. The van der Waals surface area contributed by atoms with E-state index >= 15 is 0 Å². The average molecular weight is 632 g/mol. The number of Topliss-reactive ketones (excluding diaryl/α,β-unsaturated/α-hetero) is 1. The van der Waals surface area contributed by atoms with E-state index in [2.05, 4.69) is 60.4 Å². The fraction of sp³-hybridized carbons (Fsp3) is 0.583. The number of nitrogens with zero attached hydrogens (tertiary/aromatic N) is 1. The number of carbonyl (C=O) groups is 5. The number of amides is 5. The van der Waals surface area contributed by atoms with Gasteiger partial charge in [-0.15, -0.1) is 13.2 Å². The van der Waals surface area contributed by atoms with Gasteiger partial charge in [-0.05, 0) is 72.8 Å². The number of hydrogen-bond acceptors (Lipinski definition) is 5. The van der Waals surface area contributed by atoms with Gasteiger partial charge in [-0.3, -0.25) is 19.2 Å². The summed E-state index contributed by atoms with van der Waals surface area (Å²) >= 11 is 0. The molecule has 10 heteroatoms. The molecule has 0 bridgehead atoms. The van der Waals surface area contributed by atoms with Crippen LogP contribution in [0.25, 0.3) is 0 Å². The van der Waals surface area contributed by atoms with E-state index in [0.717, 1.165) is 43.2 Å². The Kier molecular flexibility index (Phi) is 10.3. The van der Waals surface area contributed by atoms with Crippen LogP contribution in [0, 0.1) is 23.2 Å². The highest BCUT2D eigenvalue weighted by atomic mass is 16.2. The maximum atomic E-state index is 14.6.